The second-order valence-corrected chi connectivity index (χ2v) is 6.69. The zero-order valence-electron chi connectivity index (χ0n) is 11.5. The quantitative estimate of drug-likeness (QED) is 0.729. The minimum absolute atomic E-state index is 0.00156. The number of carbonyl (C=O) groups excluding carboxylic acids is 2. The first-order valence-corrected chi connectivity index (χ1v) is 8.94. The number of hydrogen-bond donors (Lipinski definition) is 1. The highest BCUT2D eigenvalue weighted by Gasteiger charge is 2.34. The Morgan fingerprint density at radius 3 is 2.52 bits per heavy atom. The summed E-state index contributed by atoms with van der Waals surface area (Å²) in [5, 5.41) is 9.03. The maximum Gasteiger partial charge on any atom is 0.327 e. The van der Waals surface area contributed by atoms with E-state index in [0.29, 0.717) is 37.9 Å². The van der Waals surface area contributed by atoms with E-state index in [1.165, 1.54) is 28.4 Å². The van der Waals surface area contributed by atoms with Crippen LogP contribution in [0, 0.1) is 0 Å². The zero-order valence-corrected chi connectivity index (χ0v) is 13.2. The van der Waals surface area contributed by atoms with Crippen LogP contribution in [0.2, 0.25) is 0 Å². The molecule has 2 rings (SSSR count). The molecule has 0 spiro atoms. The van der Waals surface area contributed by atoms with E-state index in [1.54, 1.807) is 4.90 Å². The molecule has 1 N–H and O–H groups in total. The molecule has 2 aliphatic heterocycles. The molecule has 0 aromatic rings. The van der Waals surface area contributed by atoms with E-state index in [4.69, 9.17) is 9.84 Å². The molecule has 0 aromatic heterocycles. The average Bonchev–Trinajstić information content (AvgIpc) is 2.97. The molecule has 118 valence electrons. The molecule has 2 saturated heterocycles. The van der Waals surface area contributed by atoms with Crippen LogP contribution in [0.3, 0.4) is 0 Å². The van der Waals surface area contributed by atoms with Gasteiger partial charge in [0, 0.05) is 18.8 Å². The maximum atomic E-state index is 12.0. The number of hydrogen-bond acceptors (Lipinski definition) is 6. The molecule has 0 aromatic carbocycles. The SMILES string of the molecule is O=C(O)[C@@H]1CSCN1C(=O)CSCC(=O)N1CCOCC1. The normalized spacial score (nSPS) is 22.4. The molecule has 2 fully saturated rings. The van der Waals surface area contributed by atoms with Crippen molar-refractivity contribution in [3.63, 3.8) is 0 Å². The van der Waals surface area contributed by atoms with E-state index in [9.17, 15) is 14.4 Å². The lowest BCUT2D eigenvalue weighted by molar-refractivity contribution is -0.146. The van der Waals surface area contributed by atoms with Crippen LogP contribution in [-0.2, 0) is 19.1 Å². The highest BCUT2D eigenvalue weighted by atomic mass is 32.2. The fourth-order valence-corrected chi connectivity index (χ4v) is 4.08. The van der Waals surface area contributed by atoms with Gasteiger partial charge in [-0.2, -0.15) is 0 Å². The van der Waals surface area contributed by atoms with Crippen molar-refractivity contribution in [3.05, 3.63) is 0 Å². The summed E-state index contributed by atoms with van der Waals surface area (Å²) in [6.45, 7) is 2.30. The molecule has 0 unspecified atom stereocenters. The average molecular weight is 334 g/mol. The van der Waals surface area contributed by atoms with Crippen molar-refractivity contribution in [1.29, 1.82) is 0 Å². The van der Waals surface area contributed by atoms with E-state index in [-0.39, 0.29) is 23.3 Å². The van der Waals surface area contributed by atoms with Crippen molar-refractivity contribution < 1.29 is 24.2 Å². The van der Waals surface area contributed by atoms with E-state index in [2.05, 4.69) is 0 Å². The number of thioether (sulfide) groups is 2. The third-order valence-electron chi connectivity index (χ3n) is 3.30. The molecule has 0 saturated carbocycles. The number of aliphatic carboxylic acids is 1. The van der Waals surface area contributed by atoms with Gasteiger partial charge in [-0.15, -0.1) is 23.5 Å². The Morgan fingerprint density at radius 1 is 1.19 bits per heavy atom. The molecule has 0 bridgehead atoms. The summed E-state index contributed by atoms with van der Waals surface area (Å²) >= 11 is 2.67. The van der Waals surface area contributed by atoms with Gasteiger partial charge in [-0.25, -0.2) is 4.79 Å². The predicted molar refractivity (Wildman–Crippen MR) is 80.3 cm³/mol. The van der Waals surface area contributed by atoms with E-state index in [0.717, 1.165) is 0 Å². The summed E-state index contributed by atoms with van der Waals surface area (Å²) < 4.78 is 5.17. The van der Waals surface area contributed by atoms with Crippen LogP contribution in [0.5, 0.6) is 0 Å². The largest absolute Gasteiger partial charge is 0.480 e. The lowest BCUT2D eigenvalue weighted by atomic mass is 10.3. The third-order valence-corrected chi connectivity index (χ3v) is 5.22. The Balaban J connectivity index is 1.71. The van der Waals surface area contributed by atoms with Crippen molar-refractivity contribution >= 4 is 41.3 Å². The first-order valence-electron chi connectivity index (χ1n) is 6.63. The Hall–Kier alpha value is -0.930. The molecular formula is C12H18N2O5S2. The smallest absolute Gasteiger partial charge is 0.327 e. The summed E-state index contributed by atoms with van der Waals surface area (Å²) in [5.74, 6) is 0.0356. The number of rotatable bonds is 5. The van der Waals surface area contributed by atoms with Gasteiger partial charge in [0.2, 0.25) is 11.8 Å². The molecule has 21 heavy (non-hydrogen) atoms. The van der Waals surface area contributed by atoms with Crippen molar-refractivity contribution in [3.8, 4) is 0 Å². The van der Waals surface area contributed by atoms with Gasteiger partial charge in [-0.1, -0.05) is 0 Å². The standard InChI is InChI=1S/C12H18N2O5S2/c15-10(13-1-3-19-4-2-13)6-20-7-11(16)14-8-21-5-9(14)12(17)18/h9H,1-8H2,(H,17,18)/t9-/m0/s1. The molecule has 2 heterocycles. The van der Waals surface area contributed by atoms with Crippen molar-refractivity contribution in [2.24, 2.45) is 0 Å². The first-order chi connectivity index (χ1) is 10.1. The van der Waals surface area contributed by atoms with Crippen LogP contribution in [0.4, 0.5) is 0 Å². The minimum atomic E-state index is -0.970. The van der Waals surface area contributed by atoms with Crippen LogP contribution in [-0.4, -0.2) is 88.2 Å². The van der Waals surface area contributed by atoms with Crippen molar-refractivity contribution in [2.75, 3.05) is 49.4 Å². The van der Waals surface area contributed by atoms with Gasteiger partial charge >= 0.3 is 5.97 Å². The van der Waals surface area contributed by atoms with E-state index >= 15 is 0 Å². The summed E-state index contributed by atoms with van der Waals surface area (Å²) in [7, 11) is 0. The Kier molecular flexibility index (Phi) is 6.19. The fraction of sp³-hybridized carbons (Fsp3) is 0.750. The third kappa shape index (κ3) is 4.52. The van der Waals surface area contributed by atoms with Crippen LogP contribution >= 0.6 is 23.5 Å². The molecule has 2 aliphatic rings. The highest BCUT2D eigenvalue weighted by Crippen LogP contribution is 2.22. The lowest BCUT2D eigenvalue weighted by Crippen LogP contribution is -2.43. The summed E-state index contributed by atoms with van der Waals surface area (Å²) in [6, 6.07) is -0.738. The molecular weight excluding hydrogens is 316 g/mol. The van der Waals surface area contributed by atoms with E-state index < -0.39 is 12.0 Å². The Labute approximate surface area is 131 Å². The van der Waals surface area contributed by atoms with Gasteiger partial charge in [-0.3, -0.25) is 9.59 Å². The number of carbonyl (C=O) groups is 3. The van der Waals surface area contributed by atoms with Gasteiger partial charge in [0.15, 0.2) is 0 Å². The second kappa shape index (κ2) is 7.90. The zero-order chi connectivity index (χ0) is 15.2. The number of carboxylic acid groups (broad SMARTS) is 1. The second-order valence-electron chi connectivity index (χ2n) is 4.70. The number of nitrogens with zero attached hydrogens (tertiary/aromatic N) is 2. The van der Waals surface area contributed by atoms with Crippen LogP contribution in [0.15, 0.2) is 0 Å². The monoisotopic (exact) mass is 334 g/mol. The van der Waals surface area contributed by atoms with Crippen LogP contribution < -0.4 is 0 Å². The molecule has 7 nitrogen and oxygen atoms in total. The van der Waals surface area contributed by atoms with Gasteiger partial charge in [-0.05, 0) is 0 Å². The van der Waals surface area contributed by atoms with E-state index in [1.807, 2.05) is 0 Å². The van der Waals surface area contributed by atoms with Gasteiger partial charge in [0.05, 0.1) is 30.6 Å². The Morgan fingerprint density at radius 2 is 1.86 bits per heavy atom. The summed E-state index contributed by atoms with van der Waals surface area (Å²) in [4.78, 5) is 38.0. The number of carboxylic acids is 1. The van der Waals surface area contributed by atoms with Crippen molar-refractivity contribution in [1.82, 2.24) is 9.80 Å². The predicted octanol–water partition coefficient (Wildman–Crippen LogP) is -0.435. The fourth-order valence-electron chi connectivity index (χ4n) is 2.11. The number of amides is 2. The van der Waals surface area contributed by atoms with Crippen LogP contribution in [0.1, 0.15) is 0 Å². The maximum absolute atomic E-state index is 12.0. The summed E-state index contributed by atoms with van der Waals surface area (Å²) in [5.41, 5.74) is 0. The topological polar surface area (TPSA) is 87.2 Å². The molecule has 9 heteroatoms. The summed E-state index contributed by atoms with van der Waals surface area (Å²) in [6.07, 6.45) is 0. The Bertz CT molecular complexity index is 414. The molecule has 1 atom stereocenters. The molecule has 2 amide bonds. The molecule has 0 aliphatic carbocycles. The first kappa shape index (κ1) is 16.4. The molecule has 0 radical (unpaired) electrons. The van der Waals surface area contributed by atoms with Crippen LogP contribution in [0.25, 0.3) is 0 Å². The van der Waals surface area contributed by atoms with Gasteiger partial charge in [0.1, 0.15) is 6.04 Å². The lowest BCUT2D eigenvalue weighted by Gasteiger charge is -2.26. The minimum Gasteiger partial charge on any atom is -0.480 e. The number of morpholine rings is 1. The number of ether oxygens (including phenoxy) is 1. The van der Waals surface area contributed by atoms with Gasteiger partial charge < -0.3 is 19.6 Å². The van der Waals surface area contributed by atoms with Gasteiger partial charge in [0.25, 0.3) is 0 Å². The highest BCUT2D eigenvalue weighted by molar-refractivity contribution is 8.00. The van der Waals surface area contributed by atoms with Crippen molar-refractivity contribution in [2.45, 2.75) is 6.04 Å².